The summed E-state index contributed by atoms with van der Waals surface area (Å²) in [6, 6.07) is 9.66. The highest BCUT2D eigenvalue weighted by molar-refractivity contribution is 9.10. The number of carbonyl (C=O) groups is 2. The van der Waals surface area contributed by atoms with E-state index in [0.29, 0.717) is 0 Å². The minimum atomic E-state index is -0.779. The molecule has 1 fully saturated rings. The monoisotopic (exact) mass is 427 g/mol. The molecule has 0 unspecified atom stereocenters. The molecule has 1 aromatic heterocycles. The lowest BCUT2D eigenvalue weighted by Crippen LogP contribution is -2.57. The van der Waals surface area contributed by atoms with E-state index in [0.717, 1.165) is 15.6 Å². The summed E-state index contributed by atoms with van der Waals surface area (Å²) in [6.45, 7) is 0. The SMILES string of the molecule is O=C1C[C@@](c2ccc(Br)cc2)(c2ccsc2)NC(=O)[C@H]1Br. The summed E-state index contributed by atoms with van der Waals surface area (Å²) in [5.41, 5.74) is 1.07. The molecule has 1 aliphatic heterocycles. The van der Waals surface area contributed by atoms with Gasteiger partial charge in [-0.3, -0.25) is 9.59 Å². The van der Waals surface area contributed by atoms with Gasteiger partial charge in [0.15, 0.2) is 10.6 Å². The van der Waals surface area contributed by atoms with Crippen LogP contribution in [0.15, 0.2) is 45.6 Å². The number of halogens is 2. The van der Waals surface area contributed by atoms with Crippen LogP contribution in [0.4, 0.5) is 0 Å². The average Bonchev–Trinajstić information content (AvgIpc) is 2.99. The molecule has 0 radical (unpaired) electrons. The van der Waals surface area contributed by atoms with Gasteiger partial charge in [0.05, 0.1) is 5.54 Å². The number of Topliss-reactive ketones (excluding diaryl/α,β-unsaturated/α-hetero) is 1. The Hall–Kier alpha value is -0.980. The van der Waals surface area contributed by atoms with Crippen molar-refractivity contribution in [2.24, 2.45) is 0 Å². The Morgan fingerprint density at radius 3 is 2.43 bits per heavy atom. The quantitative estimate of drug-likeness (QED) is 0.586. The molecule has 0 aliphatic carbocycles. The van der Waals surface area contributed by atoms with Gasteiger partial charge >= 0.3 is 0 Å². The van der Waals surface area contributed by atoms with Crippen molar-refractivity contribution < 1.29 is 9.59 Å². The van der Waals surface area contributed by atoms with Crippen LogP contribution in [0.1, 0.15) is 17.5 Å². The second-order valence-electron chi connectivity index (χ2n) is 4.92. The molecule has 2 atom stereocenters. The number of amides is 1. The van der Waals surface area contributed by atoms with E-state index in [4.69, 9.17) is 0 Å². The molecule has 3 rings (SSSR count). The van der Waals surface area contributed by atoms with E-state index in [9.17, 15) is 9.59 Å². The van der Waals surface area contributed by atoms with E-state index in [-0.39, 0.29) is 18.1 Å². The minimum absolute atomic E-state index is 0.104. The molecule has 1 aliphatic rings. The van der Waals surface area contributed by atoms with Crippen molar-refractivity contribution in [2.75, 3.05) is 0 Å². The van der Waals surface area contributed by atoms with Crippen LogP contribution in [0, 0.1) is 0 Å². The molecule has 1 aromatic carbocycles. The fourth-order valence-electron chi connectivity index (χ4n) is 2.57. The number of nitrogens with one attached hydrogen (secondary N) is 1. The third kappa shape index (κ3) is 2.60. The molecule has 1 saturated heterocycles. The van der Waals surface area contributed by atoms with Crippen LogP contribution < -0.4 is 5.32 Å². The second kappa shape index (κ2) is 5.66. The summed E-state index contributed by atoms with van der Waals surface area (Å²) in [5.74, 6) is -0.395. The smallest absolute Gasteiger partial charge is 0.242 e. The molecular formula is C15H11Br2NO2S. The Morgan fingerprint density at radius 2 is 1.86 bits per heavy atom. The number of benzene rings is 1. The van der Waals surface area contributed by atoms with E-state index < -0.39 is 10.4 Å². The van der Waals surface area contributed by atoms with Crippen LogP contribution in [0.5, 0.6) is 0 Å². The first-order valence-corrected chi connectivity index (χ1v) is 8.95. The predicted molar refractivity (Wildman–Crippen MR) is 89.7 cm³/mol. The van der Waals surface area contributed by atoms with E-state index in [1.807, 2.05) is 41.1 Å². The van der Waals surface area contributed by atoms with Crippen LogP contribution in [0.3, 0.4) is 0 Å². The van der Waals surface area contributed by atoms with Crippen LogP contribution in [0.2, 0.25) is 0 Å². The Labute approximate surface area is 143 Å². The first-order chi connectivity index (χ1) is 10.0. The zero-order chi connectivity index (χ0) is 15.0. The number of alkyl halides is 1. The molecule has 2 heterocycles. The van der Waals surface area contributed by atoms with Gasteiger partial charge in [0.1, 0.15) is 0 Å². The number of carbonyl (C=O) groups excluding carboxylic acids is 2. The fraction of sp³-hybridized carbons (Fsp3) is 0.200. The van der Waals surface area contributed by atoms with Crippen LogP contribution in [-0.4, -0.2) is 16.5 Å². The maximum Gasteiger partial charge on any atom is 0.242 e. The lowest BCUT2D eigenvalue weighted by atomic mass is 9.77. The molecule has 2 aromatic rings. The van der Waals surface area contributed by atoms with E-state index in [1.54, 1.807) is 11.3 Å². The van der Waals surface area contributed by atoms with Crippen molar-refractivity contribution >= 4 is 54.9 Å². The van der Waals surface area contributed by atoms with Gasteiger partial charge in [0, 0.05) is 10.9 Å². The lowest BCUT2D eigenvalue weighted by molar-refractivity contribution is -0.132. The Bertz CT molecular complexity index is 664. The molecule has 6 heteroatoms. The number of thiophene rings is 1. The van der Waals surface area contributed by atoms with Gasteiger partial charge in [0.2, 0.25) is 5.91 Å². The van der Waals surface area contributed by atoms with Gasteiger partial charge in [-0.1, -0.05) is 44.0 Å². The van der Waals surface area contributed by atoms with Gasteiger partial charge in [0.25, 0.3) is 0 Å². The van der Waals surface area contributed by atoms with Crippen molar-refractivity contribution in [3.63, 3.8) is 0 Å². The molecule has 3 nitrogen and oxygen atoms in total. The summed E-state index contributed by atoms with van der Waals surface area (Å²) in [4.78, 5) is 23.6. The number of ketones is 1. The second-order valence-corrected chi connectivity index (χ2v) is 7.53. The summed E-state index contributed by atoms with van der Waals surface area (Å²) in [5, 5.41) is 6.96. The number of rotatable bonds is 2. The summed E-state index contributed by atoms with van der Waals surface area (Å²) >= 11 is 8.11. The molecule has 108 valence electrons. The van der Waals surface area contributed by atoms with Crippen molar-refractivity contribution in [2.45, 2.75) is 16.8 Å². The molecule has 0 saturated carbocycles. The Kier molecular flexibility index (Phi) is 4.03. The molecule has 0 spiro atoms. The Balaban J connectivity index is 2.15. The number of piperidine rings is 1. The number of hydrogen-bond acceptors (Lipinski definition) is 3. The minimum Gasteiger partial charge on any atom is -0.341 e. The highest BCUT2D eigenvalue weighted by atomic mass is 79.9. The lowest BCUT2D eigenvalue weighted by Gasteiger charge is -2.39. The Morgan fingerprint density at radius 1 is 1.14 bits per heavy atom. The molecule has 0 bridgehead atoms. The van der Waals surface area contributed by atoms with Crippen molar-refractivity contribution in [1.29, 1.82) is 0 Å². The van der Waals surface area contributed by atoms with Crippen LogP contribution >= 0.6 is 43.2 Å². The van der Waals surface area contributed by atoms with Crippen LogP contribution in [-0.2, 0) is 15.1 Å². The zero-order valence-corrected chi connectivity index (χ0v) is 14.8. The zero-order valence-electron chi connectivity index (χ0n) is 10.8. The van der Waals surface area contributed by atoms with Gasteiger partial charge in [-0.2, -0.15) is 11.3 Å². The highest BCUT2D eigenvalue weighted by Crippen LogP contribution is 2.38. The summed E-state index contributed by atoms with van der Waals surface area (Å²) in [7, 11) is 0. The first-order valence-electron chi connectivity index (χ1n) is 6.30. The molecule has 1 N–H and O–H groups in total. The highest BCUT2D eigenvalue weighted by Gasteiger charge is 2.46. The van der Waals surface area contributed by atoms with Gasteiger partial charge in [-0.05, 0) is 40.1 Å². The maximum absolute atomic E-state index is 12.2. The van der Waals surface area contributed by atoms with Gasteiger partial charge in [-0.15, -0.1) is 0 Å². The third-order valence-electron chi connectivity index (χ3n) is 3.64. The topological polar surface area (TPSA) is 46.2 Å². The van der Waals surface area contributed by atoms with E-state index in [1.165, 1.54) is 0 Å². The normalized spacial score (nSPS) is 25.7. The third-order valence-corrected chi connectivity index (χ3v) is 5.78. The largest absolute Gasteiger partial charge is 0.341 e. The summed E-state index contributed by atoms with van der Waals surface area (Å²) in [6.07, 6.45) is 0.243. The van der Waals surface area contributed by atoms with Crippen molar-refractivity contribution in [3.8, 4) is 0 Å². The standard InChI is InChI=1S/C15H11Br2NO2S/c16-11-3-1-9(2-4-11)15(10-5-6-21-8-10)7-12(19)13(17)14(20)18-15/h1-6,8,13H,7H2,(H,18,20)/t13-,15+/m0/s1. The fourth-order valence-corrected chi connectivity index (χ4v) is 3.84. The van der Waals surface area contributed by atoms with Crippen LogP contribution in [0.25, 0.3) is 0 Å². The molecule has 21 heavy (non-hydrogen) atoms. The van der Waals surface area contributed by atoms with Gasteiger partial charge in [-0.25, -0.2) is 0 Å². The van der Waals surface area contributed by atoms with E-state index in [2.05, 4.69) is 37.2 Å². The van der Waals surface area contributed by atoms with Gasteiger partial charge < -0.3 is 5.32 Å². The summed E-state index contributed by atoms with van der Waals surface area (Å²) < 4.78 is 0.957. The first kappa shape index (κ1) is 14.9. The number of hydrogen-bond donors (Lipinski definition) is 1. The van der Waals surface area contributed by atoms with Crippen molar-refractivity contribution in [3.05, 3.63) is 56.7 Å². The predicted octanol–water partition coefficient (Wildman–Crippen LogP) is 3.61. The average molecular weight is 429 g/mol. The molecule has 1 amide bonds. The van der Waals surface area contributed by atoms with E-state index >= 15 is 0 Å². The molecular weight excluding hydrogens is 418 g/mol. The van der Waals surface area contributed by atoms with Crippen molar-refractivity contribution in [1.82, 2.24) is 5.32 Å². The maximum atomic E-state index is 12.2.